The van der Waals surface area contributed by atoms with Crippen molar-refractivity contribution in [2.45, 2.75) is 45.2 Å². The van der Waals surface area contributed by atoms with Crippen LogP contribution in [-0.4, -0.2) is 36.5 Å². The van der Waals surface area contributed by atoms with Crippen LogP contribution in [0.5, 0.6) is 5.75 Å². The molecule has 1 amide bonds. The minimum atomic E-state index is -0.827. The van der Waals surface area contributed by atoms with Crippen LogP contribution in [0.1, 0.15) is 45.2 Å². The van der Waals surface area contributed by atoms with Gasteiger partial charge in [-0.15, -0.1) is 0 Å². The van der Waals surface area contributed by atoms with Crippen LogP contribution in [-0.2, 0) is 4.79 Å². The quantitative estimate of drug-likeness (QED) is 0.871. The zero-order valence-electron chi connectivity index (χ0n) is 15.0. The summed E-state index contributed by atoms with van der Waals surface area (Å²) in [6, 6.07) is 10.5. The first-order valence-corrected chi connectivity index (χ1v) is 8.50. The highest BCUT2D eigenvalue weighted by atomic mass is 16.5. The van der Waals surface area contributed by atoms with Crippen LogP contribution >= 0.6 is 0 Å². The molecule has 5 heteroatoms. The largest absolute Gasteiger partial charge is 0.497 e. The molecule has 1 aliphatic heterocycles. The second kappa shape index (κ2) is 7.67. The molecular formula is C19H27N3O2. The molecule has 1 N–H and O–H groups in total. The fraction of sp³-hybridized carbons (Fsp3) is 0.579. The number of nitrogens with one attached hydrogen (secondary N) is 1. The number of rotatable bonds is 6. The molecular weight excluding hydrogens is 302 g/mol. The zero-order valence-corrected chi connectivity index (χ0v) is 15.0. The van der Waals surface area contributed by atoms with Gasteiger partial charge in [0.05, 0.1) is 19.7 Å². The van der Waals surface area contributed by atoms with Gasteiger partial charge in [-0.3, -0.25) is 9.69 Å². The number of methoxy groups -OCH3 is 1. The molecule has 5 nitrogen and oxygen atoms in total. The molecule has 1 aromatic carbocycles. The van der Waals surface area contributed by atoms with Crippen molar-refractivity contribution in [3.8, 4) is 11.8 Å². The Bertz CT molecular complexity index is 606. The van der Waals surface area contributed by atoms with E-state index in [9.17, 15) is 10.1 Å². The molecule has 1 fully saturated rings. The van der Waals surface area contributed by atoms with Crippen molar-refractivity contribution in [1.29, 1.82) is 5.26 Å². The maximum atomic E-state index is 12.4. The van der Waals surface area contributed by atoms with Crippen molar-refractivity contribution in [1.82, 2.24) is 10.2 Å². The zero-order chi connectivity index (χ0) is 17.7. The van der Waals surface area contributed by atoms with Gasteiger partial charge < -0.3 is 10.1 Å². The molecule has 0 aliphatic carbocycles. The summed E-state index contributed by atoms with van der Waals surface area (Å²) in [7, 11) is 1.65. The normalized spacial score (nSPS) is 20.4. The number of nitriles is 1. The molecule has 0 aromatic heterocycles. The maximum Gasteiger partial charge on any atom is 0.235 e. The molecule has 0 spiro atoms. The molecule has 0 radical (unpaired) electrons. The van der Waals surface area contributed by atoms with E-state index < -0.39 is 5.54 Å². The monoisotopic (exact) mass is 329 g/mol. The van der Waals surface area contributed by atoms with Crippen molar-refractivity contribution in [3.05, 3.63) is 29.8 Å². The van der Waals surface area contributed by atoms with E-state index in [1.807, 2.05) is 26.0 Å². The van der Waals surface area contributed by atoms with Crippen LogP contribution in [0.25, 0.3) is 0 Å². The molecule has 2 unspecified atom stereocenters. The third-order valence-corrected chi connectivity index (χ3v) is 5.00. The first-order chi connectivity index (χ1) is 11.4. The van der Waals surface area contributed by atoms with E-state index in [1.54, 1.807) is 14.0 Å². The van der Waals surface area contributed by atoms with Crippen LogP contribution in [0, 0.1) is 17.2 Å². The van der Waals surface area contributed by atoms with E-state index in [1.165, 1.54) is 5.56 Å². The van der Waals surface area contributed by atoms with Gasteiger partial charge in [-0.2, -0.15) is 5.26 Å². The van der Waals surface area contributed by atoms with E-state index in [4.69, 9.17) is 4.74 Å². The smallest absolute Gasteiger partial charge is 0.235 e. The van der Waals surface area contributed by atoms with Gasteiger partial charge in [-0.05, 0) is 49.9 Å². The summed E-state index contributed by atoms with van der Waals surface area (Å²) in [5, 5.41) is 12.3. The average molecular weight is 329 g/mol. The second-order valence-electron chi connectivity index (χ2n) is 6.92. The van der Waals surface area contributed by atoms with Crippen LogP contribution in [0.2, 0.25) is 0 Å². The van der Waals surface area contributed by atoms with Gasteiger partial charge in [-0.25, -0.2) is 0 Å². The Morgan fingerprint density at radius 1 is 1.46 bits per heavy atom. The Morgan fingerprint density at radius 3 is 2.67 bits per heavy atom. The lowest BCUT2D eigenvalue weighted by Gasteiger charge is -2.30. The molecule has 130 valence electrons. The molecule has 0 bridgehead atoms. The molecule has 2 atom stereocenters. The molecule has 24 heavy (non-hydrogen) atoms. The molecule has 2 rings (SSSR count). The van der Waals surface area contributed by atoms with Gasteiger partial charge in [0, 0.05) is 6.04 Å². The summed E-state index contributed by atoms with van der Waals surface area (Å²) in [6.45, 7) is 6.88. The minimum absolute atomic E-state index is 0.0578. The lowest BCUT2D eigenvalue weighted by atomic mass is 9.90. The van der Waals surface area contributed by atoms with E-state index >= 15 is 0 Å². The first kappa shape index (κ1) is 18.3. The summed E-state index contributed by atoms with van der Waals surface area (Å²) in [6.07, 6.45) is 2.11. The molecule has 1 saturated heterocycles. The van der Waals surface area contributed by atoms with E-state index in [0.717, 1.165) is 25.1 Å². The Labute approximate surface area is 144 Å². The minimum Gasteiger partial charge on any atom is -0.497 e. The summed E-state index contributed by atoms with van der Waals surface area (Å²) in [4.78, 5) is 14.6. The second-order valence-corrected chi connectivity index (χ2v) is 6.92. The van der Waals surface area contributed by atoms with Gasteiger partial charge in [0.25, 0.3) is 0 Å². The number of hydrogen-bond donors (Lipinski definition) is 1. The standard InChI is InChI=1S/C19H27N3O2/c1-14(2)19(3,13-20)21-18(23)12-22-11-5-6-17(22)15-7-9-16(24-4)10-8-15/h7-10,14,17H,5-6,11-12H2,1-4H3,(H,21,23). The van der Waals surface area contributed by atoms with Gasteiger partial charge in [0.15, 0.2) is 0 Å². The maximum absolute atomic E-state index is 12.4. The number of hydrogen-bond acceptors (Lipinski definition) is 4. The lowest BCUT2D eigenvalue weighted by molar-refractivity contribution is -0.124. The fourth-order valence-corrected chi connectivity index (χ4v) is 3.03. The predicted molar refractivity (Wildman–Crippen MR) is 93.5 cm³/mol. The highest BCUT2D eigenvalue weighted by Gasteiger charge is 2.32. The topological polar surface area (TPSA) is 65.4 Å². The Morgan fingerprint density at radius 2 is 2.12 bits per heavy atom. The van der Waals surface area contributed by atoms with Crippen LogP contribution in [0.15, 0.2) is 24.3 Å². The summed E-state index contributed by atoms with van der Waals surface area (Å²) in [5.41, 5.74) is 0.375. The van der Waals surface area contributed by atoms with Crippen molar-refractivity contribution in [2.24, 2.45) is 5.92 Å². The van der Waals surface area contributed by atoms with Gasteiger partial charge in [-0.1, -0.05) is 26.0 Å². The van der Waals surface area contributed by atoms with Crippen molar-refractivity contribution >= 4 is 5.91 Å². The van der Waals surface area contributed by atoms with Crippen molar-refractivity contribution < 1.29 is 9.53 Å². The number of amides is 1. The Kier molecular flexibility index (Phi) is 5.84. The Balaban J connectivity index is 2.03. The molecule has 1 heterocycles. The van der Waals surface area contributed by atoms with Crippen LogP contribution in [0.3, 0.4) is 0 Å². The van der Waals surface area contributed by atoms with E-state index in [2.05, 4.69) is 28.4 Å². The average Bonchev–Trinajstić information content (AvgIpc) is 3.02. The predicted octanol–water partition coefficient (Wildman–Crippen LogP) is 2.89. The van der Waals surface area contributed by atoms with Gasteiger partial charge in [0.1, 0.15) is 11.3 Å². The molecule has 1 aromatic rings. The fourth-order valence-electron chi connectivity index (χ4n) is 3.03. The van der Waals surface area contributed by atoms with E-state index in [-0.39, 0.29) is 17.9 Å². The number of likely N-dealkylation sites (tertiary alicyclic amines) is 1. The number of benzene rings is 1. The summed E-state index contributed by atoms with van der Waals surface area (Å²) in [5.74, 6) is 0.804. The number of carbonyl (C=O) groups excluding carboxylic acids is 1. The van der Waals surface area contributed by atoms with Gasteiger partial charge in [0.2, 0.25) is 5.91 Å². The summed E-state index contributed by atoms with van der Waals surface area (Å²) < 4.78 is 5.20. The highest BCUT2D eigenvalue weighted by molar-refractivity contribution is 5.79. The van der Waals surface area contributed by atoms with Crippen molar-refractivity contribution in [2.75, 3.05) is 20.2 Å². The highest BCUT2D eigenvalue weighted by Crippen LogP contribution is 2.32. The van der Waals surface area contributed by atoms with Gasteiger partial charge >= 0.3 is 0 Å². The Hall–Kier alpha value is -2.06. The number of carbonyl (C=O) groups is 1. The number of nitrogens with zero attached hydrogens (tertiary/aromatic N) is 2. The van der Waals surface area contributed by atoms with Crippen LogP contribution < -0.4 is 10.1 Å². The third-order valence-electron chi connectivity index (χ3n) is 5.00. The molecule has 0 saturated carbocycles. The van der Waals surface area contributed by atoms with Crippen LogP contribution in [0.4, 0.5) is 0 Å². The van der Waals surface area contributed by atoms with Crippen molar-refractivity contribution in [3.63, 3.8) is 0 Å². The first-order valence-electron chi connectivity index (χ1n) is 8.50. The SMILES string of the molecule is COc1ccc(C2CCCN2CC(=O)NC(C)(C#N)C(C)C)cc1. The number of ether oxygens (including phenoxy) is 1. The summed E-state index contributed by atoms with van der Waals surface area (Å²) >= 11 is 0. The van der Waals surface area contributed by atoms with E-state index in [0.29, 0.717) is 6.54 Å². The third kappa shape index (κ3) is 4.07. The lowest BCUT2D eigenvalue weighted by Crippen LogP contribution is -2.51. The molecule has 1 aliphatic rings.